The maximum atomic E-state index is 12.3. The van der Waals surface area contributed by atoms with Crippen molar-refractivity contribution in [3.05, 3.63) is 65.2 Å². The van der Waals surface area contributed by atoms with Gasteiger partial charge in [-0.2, -0.15) is 0 Å². The van der Waals surface area contributed by atoms with Crippen LogP contribution < -0.4 is 4.72 Å². The largest absolute Gasteiger partial charge is 0.593 e. The predicted octanol–water partition coefficient (Wildman–Crippen LogP) is 1.43. The lowest BCUT2D eigenvalue weighted by Gasteiger charge is -2.20. The number of esters is 1. The Bertz CT molecular complexity index is 837. The first kappa shape index (κ1) is 20.7. The Hall–Kier alpha value is -2.63. The predicted molar refractivity (Wildman–Crippen MR) is 101 cm³/mol. The Morgan fingerprint density at radius 1 is 1.15 bits per heavy atom. The average molecular weight is 385 g/mol. The van der Waals surface area contributed by atoms with Crippen LogP contribution in [0.25, 0.3) is 0 Å². The SMILES string of the molecule is COC(=O)[C@@H](N[S+]([O-])c1ccc(C#Cc2ccc(C=O)cc2)cc1)[C@@H](C)O. The number of nitrogens with one attached hydrogen (secondary N) is 1. The van der Waals surface area contributed by atoms with E-state index in [1.807, 2.05) is 0 Å². The van der Waals surface area contributed by atoms with E-state index < -0.39 is 29.5 Å². The number of hydrogen-bond donors (Lipinski definition) is 2. The van der Waals surface area contributed by atoms with E-state index in [9.17, 15) is 19.2 Å². The summed E-state index contributed by atoms with van der Waals surface area (Å²) in [7, 11) is 1.20. The van der Waals surface area contributed by atoms with Crippen molar-refractivity contribution in [2.24, 2.45) is 0 Å². The molecule has 2 aromatic rings. The topological polar surface area (TPSA) is 98.7 Å². The Morgan fingerprint density at radius 3 is 2.11 bits per heavy atom. The van der Waals surface area contributed by atoms with Gasteiger partial charge in [0.25, 0.3) is 0 Å². The second kappa shape index (κ2) is 9.90. The van der Waals surface area contributed by atoms with Crippen LogP contribution in [0.4, 0.5) is 0 Å². The summed E-state index contributed by atoms with van der Waals surface area (Å²) < 4.78 is 19.5. The number of carbonyl (C=O) groups is 2. The molecule has 0 aliphatic heterocycles. The van der Waals surface area contributed by atoms with Crippen LogP contribution in [0.1, 0.15) is 28.4 Å². The first-order chi connectivity index (χ1) is 12.9. The van der Waals surface area contributed by atoms with Gasteiger partial charge < -0.3 is 14.4 Å². The van der Waals surface area contributed by atoms with Crippen LogP contribution in [-0.4, -0.2) is 41.2 Å². The molecule has 0 bridgehead atoms. The summed E-state index contributed by atoms with van der Waals surface area (Å²) in [5, 5.41) is 9.63. The first-order valence-electron chi connectivity index (χ1n) is 8.05. The molecular weight excluding hydrogens is 366 g/mol. The number of rotatable bonds is 6. The molecule has 1 unspecified atom stereocenters. The van der Waals surface area contributed by atoms with Crippen molar-refractivity contribution in [1.29, 1.82) is 0 Å². The molecule has 0 aliphatic carbocycles. The summed E-state index contributed by atoms with van der Waals surface area (Å²) in [5.41, 5.74) is 2.07. The number of aliphatic hydroxyl groups excluding tert-OH is 1. The Morgan fingerprint density at radius 2 is 1.67 bits per heavy atom. The van der Waals surface area contributed by atoms with Crippen molar-refractivity contribution in [3.8, 4) is 11.8 Å². The summed E-state index contributed by atoms with van der Waals surface area (Å²) in [6.45, 7) is 1.41. The third kappa shape index (κ3) is 5.94. The summed E-state index contributed by atoms with van der Waals surface area (Å²) in [6.07, 6.45) is -0.288. The fourth-order valence-electron chi connectivity index (χ4n) is 2.11. The summed E-state index contributed by atoms with van der Waals surface area (Å²) in [5.74, 6) is 5.26. The van der Waals surface area contributed by atoms with Crippen molar-refractivity contribution in [2.45, 2.75) is 24.0 Å². The third-order valence-electron chi connectivity index (χ3n) is 3.64. The molecule has 27 heavy (non-hydrogen) atoms. The highest BCUT2D eigenvalue weighted by molar-refractivity contribution is 7.89. The van der Waals surface area contributed by atoms with Gasteiger partial charge in [-0.3, -0.25) is 9.59 Å². The zero-order chi connectivity index (χ0) is 19.8. The molecule has 0 spiro atoms. The van der Waals surface area contributed by atoms with E-state index in [1.165, 1.54) is 14.0 Å². The highest BCUT2D eigenvalue weighted by atomic mass is 32.2. The van der Waals surface area contributed by atoms with Gasteiger partial charge in [0.2, 0.25) is 0 Å². The fraction of sp³-hybridized carbons (Fsp3) is 0.200. The minimum Gasteiger partial charge on any atom is -0.593 e. The molecule has 6 nitrogen and oxygen atoms in total. The number of benzene rings is 2. The number of methoxy groups -OCH3 is 1. The third-order valence-corrected chi connectivity index (χ3v) is 4.81. The highest BCUT2D eigenvalue weighted by Crippen LogP contribution is 2.12. The molecule has 140 valence electrons. The van der Waals surface area contributed by atoms with Crippen molar-refractivity contribution in [1.82, 2.24) is 4.72 Å². The molecular formula is C20H19NO5S. The summed E-state index contributed by atoms with van der Waals surface area (Å²) in [4.78, 5) is 22.7. The lowest BCUT2D eigenvalue weighted by Crippen LogP contribution is -2.48. The molecule has 2 aromatic carbocycles. The van der Waals surface area contributed by atoms with E-state index in [-0.39, 0.29) is 0 Å². The van der Waals surface area contributed by atoms with Crippen molar-refractivity contribution in [3.63, 3.8) is 0 Å². The number of carbonyl (C=O) groups excluding carboxylic acids is 2. The van der Waals surface area contributed by atoms with E-state index in [0.29, 0.717) is 10.5 Å². The lowest BCUT2D eigenvalue weighted by atomic mass is 10.1. The van der Waals surface area contributed by atoms with Crippen LogP contribution in [0.3, 0.4) is 0 Å². The van der Waals surface area contributed by atoms with Gasteiger partial charge in [-0.25, -0.2) is 0 Å². The van der Waals surface area contributed by atoms with Gasteiger partial charge in [-0.05, 0) is 43.3 Å². The average Bonchev–Trinajstić information content (AvgIpc) is 2.70. The van der Waals surface area contributed by atoms with Crippen molar-refractivity contribution in [2.75, 3.05) is 7.11 Å². The zero-order valence-corrected chi connectivity index (χ0v) is 15.7. The van der Waals surface area contributed by atoms with Crippen LogP contribution in [0.5, 0.6) is 0 Å². The molecule has 0 saturated carbocycles. The highest BCUT2D eigenvalue weighted by Gasteiger charge is 2.30. The second-order valence-electron chi connectivity index (χ2n) is 5.64. The van der Waals surface area contributed by atoms with Crippen LogP contribution in [-0.2, 0) is 20.9 Å². The molecule has 0 aromatic heterocycles. The molecule has 0 radical (unpaired) electrons. The second-order valence-corrected chi connectivity index (χ2v) is 6.89. The van der Waals surface area contributed by atoms with Gasteiger partial charge in [0.05, 0.1) is 24.6 Å². The fourth-order valence-corrected chi connectivity index (χ4v) is 3.15. The van der Waals surface area contributed by atoms with E-state index in [4.69, 9.17) is 0 Å². The molecule has 0 heterocycles. The molecule has 0 aliphatic rings. The Labute approximate surface area is 160 Å². The molecule has 0 amide bonds. The molecule has 0 saturated heterocycles. The van der Waals surface area contributed by atoms with Crippen LogP contribution >= 0.6 is 0 Å². The molecule has 2 N–H and O–H groups in total. The first-order valence-corrected chi connectivity index (χ1v) is 9.20. The molecule has 3 atom stereocenters. The van der Waals surface area contributed by atoms with E-state index in [2.05, 4.69) is 21.3 Å². The molecule has 7 heteroatoms. The van der Waals surface area contributed by atoms with Crippen LogP contribution in [0, 0.1) is 11.8 Å². The van der Waals surface area contributed by atoms with Crippen LogP contribution in [0.2, 0.25) is 0 Å². The number of aliphatic hydroxyl groups is 1. The van der Waals surface area contributed by atoms with Gasteiger partial charge in [-0.1, -0.05) is 24.0 Å². The smallest absolute Gasteiger partial charge is 0.330 e. The maximum absolute atomic E-state index is 12.3. The quantitative estimate of drug-likeness (QED) is 0.338. The standard InChI is InChI=1S/C20H19NO5S/c1-14(23)19(20(24)26-2)21-27(25)18-11-9-16(10-12-18)4-3-15-5-7-17(13-22)8-6-15/h5-14,19,21,23H,1-2H3/t14-,19+,27?/m1/s1. The van der Waals surface area contributed by atoms with Crippen molar-refractivity contribution >= 4 is 23.6 Å². The Kier molecular flexibility index (Phi) is 7.58. The van der Waals surface area contributed by atoms with E-state index >= 15 is 0 Å². The van der Waals surface area contributed by atoms with E-state index in [0.717, 1.165) is 17.4 Å². The Balaban J connectivity index is 2.06. The maximum Gasteiger partial charge on any atom is 0.330 e. The minimum absolute atomic E-state index is 0.436. The number of ether oxygens (including phenoxy) is 1. The molecule has 2 rings (SSSR count). The van der Waals surface area contributed by atoms with Crippen molar-refractivity contribution < 1.29 is 24.0 Å². The zero-order valence-electron chi connectivity index (χ0n) is 14.8. The van der Waals surface area contributed by atoms with Gasteiger partial charge in [0.15, 0.2) is 10.9 Å². The van der Waals surface area contributed by atoms with E-state index in [1.54, 1.807) is 48.5 Å². The van der Waals surface area contributed by atoms with Crippen LogP contribution in [0.15, 0.2) is 53.4 Å². The molecule has 0 fully saturated rings. The summed E-state index contributed by atoms with van der Waals surface area (Å²) >= 11 is -1.70. The van der Waals surface area contributed by atoms with Gasteiger partial charge in [0.1, 0.15) is 6.29 Å². The minimum atomic E-state index is -1.70. The van der Waals surface area contributed by atoms with Gasteiger partial charge >= 0.3 is 5.97 Å². The number of hydrogen-bond acceptors (Lipinski definition) is 6. The number of aldehydes is 1. The normalized spacial score (nSPS) is 13.6. The lowest BCUT2D eigenvalue weighted by molar-refractivity contribution is -0.145. The van der Waals surface area contributed by atoms with Gasteiger partial charge in [-0.15, -0.1) is 4.72 Å². The monoisotopic (exact) mass is 385 g/mol. The summed E-state index contributed by atoms with van der Waals surface area (Å²) in [6, 6.07) is 12.5. The van der Waals surface area contributed by atoms with Gasteiger partial charge in [0, 0.05) is 16.7 Å².